The first kappa shape index (κ1) is 12.0. The van der Waals surface area contributed by atoms with Crippen molar-refractivity contribution in [2.45, 2.75) is 19.4 Å². The second-order valence-corrected chi connectivity index (χ2v) is 3.78. The van der Waals surface area contributed by atoms with Crippen LogP contribution in [-0.2, 0) is 16.0 Å². The fraction of sp³-hybridized carbons (Fsp3) is 0.364. The molecule has 4 heteroatoms. The maximum atomic E-state index is 11.1. The number of nitrogens with two attached hydrogens (primary N) is 1. The summed E-state index contributed by atoms with van der Waals surface area (Å²) in [5, 5.41) is 0.634. The van der Waals surface area contributed by atoms with Crippen molar-refractivity contribution in [3.63, 3.8) is 0 Å². The molecule has 1 atom stereocenters. The van der Waals surface area contributed by atoms with Crippen LogP contribution in [0.4, 0.5) is 0 Å². The quantitative estimate of drug-likeness (QED) is 0.800. The number of aryl methyl sites for hydroxylation is 1. The van der Waals surface area contributed by atoms with E-state index >= 15 is 0 Å². The van der Waals surface area contributed by atoms with E-state index < -0.39 is 12.0 Å². The molecule has 0 fully saturated rings. The third-order valence-corrected chi connectivity index (χ3v) is 2.64. The Labute approximate surface area is 94.2 Å². The van der Waals surface area contributed by atoms with Gasteiger partial charge in [0.2, 0.25) is 0 Å². The first-order valence-electron chi connectivity index (χ1n) is 4.63. The number of esters is 1. The Morgan fingerprint density at radius 2 is 2.27 bits per heavy atom. The van der Waals surface area contributed by atoms with E-state index in [1.807, 2.05) is 19.1 Å². The number of methoxy groups -OCH3 is 1. The molecular formula is C11H14ClNO2. The number of hydrogen-bond acceptors (Lipinski definition) is 3. The normalized spacial score (nSPS) is 12.3. The van der Waals surface area contributed by atoms with Crippen molar-refractivity contribution >= 4 is 17.6 Å². The van der Waals surface area contributed by atoms with Crippen LogP contribution < -0.4 is 5.73 Å². The average Bonchev–Trinajstić information content (AvgIpc) is 2.22. The topological polar surface area (TPSA) is 52.3 Å². The Hall–Kier alpha value is -1.06. The highest BCUT2D eigenvalue weighted by molar-refractivity contribution is 6.31. The number of carbonyl (C=O) groups is 1. The molecule has 0 aliphatic rings. The molecule has 0 saturated carbocycles. The predicted molar refractivity (Wildman–Crippen MR) is 59.9 cm³/mol. The maximum Gasteiger partial charge on any atom is 0.322 e. The van der Waals surface area contributed by atoms with Gasteiger partial charge in [0.15, 0.2) is 0 Å². The number of rotatable bonds is 3. The lowest BCUT2D eigenvalue weighted by molar-refractivity contribution is -0.142. The minimum Gasteiger partial charge on any atom is -0.468 e. The summed E-state index contributed by atoms with van der Waals surface area (Å²) in [5.41, 5.74) is 7.59. The Balaban J connectivity index is 2.85. The van der Waals surface area contributed by atoms with Crippen LogP contribution in [0.15, 0.2) is 18.2 Å². The van der Waals surface area contributed by atoms with Gasteiger partial charge in [-0.1, -0.05) is 23.7 Å². The molecular weight excluding hydrogens is 214 g/mol. The van der Waals surface area contributed by atoms with Crippen molar-refractivity contribution in [1.29, 1.82) is 0 Å². The van der Waals surface area contributed by atoms with Gasteiger partial charge in [0.1, 0.15) is 6.04 Å². The van der Waals surface area contributed by atoms with Crippen molar-refractivity contribution in [3.8, 4) is 0 Å². The summed E-state index contributed by atoms with van der Waals surface area (Å²) in [4.78, 5) is 11.1. The third-order valence-electron chi connectivity index (χ3n) is 2.28. The average molecular weight is 228 g/mol. The number of halogens is 1. The van der Waals surface area contributed by atoms with Crippen LogP contribution in [0.1, 0.15) is 11.1 Å². The fourth-order valence-corrected chi connectivity index (χ4v) is 1.68. The number of ether oxygens (including phenoxy) is 1. The first-order valence-corrected chi connectivity index (χ1v) is 5.01. The summed E-state index contributed by atoms with van der Waals surface area (Å²) in [6, 6.07) is 4.93. The zero-order chi connectivity index (χ0) is 11.4. The van der Waals surface area contributed by atoms with Crippen LogP contribution in [0, 0.1) is 6.92 Å². The lowest BCUT2D eigenvalue weighted by atomic mass is 10.0. The molecule has 1 aromatic carbocycles. The van der Waals surface area contributed by atoms with Crippen LogP contribution in [0.2, 0.25) is 5.02 Å². The van der Waals surface area contributed by atoms with E-state index in [4.69, 9.17) is 17.3 Å². The standard InChI is InChI=1S/C11H14ClNO2/c1-7-4-3-5-9(12)8(7)6-10(13)11(14)15-2/h3-5,10H,6,13H2,1-2H3/t10-/m1/s1. The van der Waals surface area contributed by atoms with E-state index in [0.717, 1.165) is 11.1 Å². The van der Waals surface area contributed by atoms with Crippen molar-refractivity contribution in [2.24, 2.45) is 5.73 Å². The first-order chi connectivity index (χ1) is 7.06. The molecule has 0 aliphatic heterocycles. The predicted octanol–water partition coefficient (Wildman–Crippen LogP) is 1.69. The Morgan fingerprint density at radius 1 is 1.60 bits per heavy atom. The Bertz CT molecular complexity index is 345. The van der Waals surface area contributed by atoms with Crippen LogP contribution in [-0.4, -0.2) is 19.1 Å². The highest BCUT2D eigenvalue weighted by Gasteiger charge is 2.16. The Kier molecular flexibility index (Phi) is 4.12. The van der Waals surface area contributed by atoms with Gasteiger partial charge >= 0.3 is 5.97 Å². The van der Waals surface area contributed by atoms with Gasteiger partial charge in [0.05, 0.1) is 7.11 Å². The molecule has 0 aliphatic carbocycles. The molecule has 2 N–H and O–H groups in total. The molecule has 3 nitrogen and oxygen atoms in total. The van der Waals surface area contributed by atoms with Crippen LogP contribution in [0.3, 0.4) is 0 Å². The maximum absolute atomic E-state index is 11.1. The fourth-order valence-electron chi connectivity index (χ4n) is 1.38. The van der Waals surface area contributed by atoms with E-state index in [1.165, 1.54) is 7.11 Å². The number of carbonyl (C=O) groups excluding carboxylic acids is 1. The zero-order valence-electron chi connectivity index (χ0n) is 8.79. The third kappa shape index (κ3) is 2.94. The van der Waals surface area contributed by atoms with Crippen molar-refractivity contribution in [3.05, 3.63) is 34.3 Å². The van der Waals surface area contributed by atoms with Gasteiger partial charge in [-0.05, 0) is 30.5 Å². The second-order valence-electron chi connectivity index (χ2n) is 3.37. The molecule has 0 radical (unpaired) electrons. The summed E-state index contributed by atoms with van der Waals surface area (Å²) >= 11 is 6.01. The van der Waals surface area contributed by atoms with Crippen molar-refractivity contribution in [1.82, 2.24) is 0 Å². The van der Waals surface area contributed by atoms with E-state index in [0.29, 0.717) is 11.4 Å². The highest BCUT2D eigenvalue weighted by Crippen LogP contribution is 2.20. The Morgan fingerprint density at radius 3 is 2.80 bits per heavy atom. The molecule has 0 spiro atoms. The van der Waals surface area contributed by atoms with Crippen LogP contribution in [0.25, 0.3) is 0 Å². The van der Waals surface area contributed by atoms with Gasteiger partial charge < -0.3 is 10.5 Å². The van der Waals surface area contributed by atoms with Gasteiger partial charge in [-0.25, -0.2) is 0 Å². The van der Waals surface area contributed by atoms with E-state index in [2.05, 4.69) is 4.74 Å². The largest absolute Gasteiger partial charge is 0.468 e. The van der Waals surface area contributed by atoms with Crippen molar-refractivity contribution < 1.29 is 9.53 Å². The molecule has 0 bridgehead atoms. The molecule has 0 saturated heterocycles. The van der Waals surface area contributed by atoms with E-state index in [1.54, 1.807) is 6.07 Å². The summed E-state index contributed by atoms with van der Waals surface area (Å²) in [5.74, 6) is -0.422. The minimum absolute atomic E-state index is 0.401. The van der Waals surface area contributed by atoms with Gasteiger partial charge in [-0.3, -0.25) is 4.79 Å². The minimum atomic E-state index is -0.659. The summed E-state index contributed by atoms with van der Waals surface area (Å²) in [6.07, 6.45) is 0.401. The van der Waals surface area contributed by atoms with Gasteiger partial charge in [0, 0.05) is 5.02 Å². The molecule has 82 valence electrons. The van der Waals surface area contributed by atoms with Gasteiger partial charge in [-0.15, -0.1) is 0 Å². The SMILES string of the molecule is COC(=O)[C@H](N)Cc1c(C)cccc1Cl. The highest BCUT2D eigenvalue weighted by atomic mass is 35.5. The second kappa shape index (κ2) is 5.14. The van der Waals surface area contributed by atoms with E-state index in [9.17, 15) is 4.79 Å². The molecule has 0 aromatic heterocycles. The molecule has 1 rings (SSSR count). The van der Waals surface area contributed by atoms with Crippen LogP contribution >= 0.6 is 11.6 Å². The smallest absolute Gasteiger partial charge is 0.322 e. The molecule has 0 heterocycles. The summed E-state index contributed by atoms with van der Waals surface area (Å²) < 4.78 is 4.56. The van der Waals surface area contributed by atoms with Crippen molar-refractivity contribution in [2.75, 3.05) is 7.11 Å². The summed E-state index contributed by atoms with van der Waals surface area (Å²) in [7, 11) is 1.32. The summed E-state index contributed by atoms with van der Waals surface area (Å²) in [6.45, 7) is 1.94. The molecule has 0 amide bonds. The van der Waals surface area contributed by atoms with Gasteiger partial charge in [0.25, 0.3) is 0 Å². The monoisotopic (exact) mass is 227 g/mol. The molecule has 0 unspecified atom stereocenters. The lowest BCUT2D eigenvalue weighted by Gasteiger charge is -2.12. The van der Waals surface area contributed by atoms with Crippen LogP contribution in [0.5, 0.6) is 0 Å². The molecule has 1 aromatic rings. The lowest BCUT2D eigenvalue weighted by Crippen LogP contribution is -2.33. The number of benzene rings is 1. The molecule has 15 heavy (non-hydrogen) atoms. The number of hydrogen-bond donors (Lipinski definition) is 1. The zero-order valence-corrected chi connectivity index (χ0v) is 9.54. The van der Waals surface area contributed by atoms with E-state index in [-0.39, 0.29) is 0 Å². The van der Waals surface area contributed by atoms with Gasteiger partial charge in [-0.2, -0.15) is 0 Å².